The van der Waals surface area contributed by atoms with E-state index in [0.717, 1.165) is 22.5 Å². The smallest absolute Gasteiger partial charge is 0.348 e. The average Bonchev–Trinajstić information content (AvgIpc) is 3.00. The molecule has 1 heterocycles. The van der Waals surface area contributed by atoms with Gasteiger partial charge >= 0.3 is 11.9 Å². The van der Waals surface area contributed by atoms with Gasteiger partial charge in [0.2, 0.25) is 0 Å². The maximum Gasteiger partial charge on any atom is 0.348 e. The standard InChI is InChI=1S/C16H15NO4S2/c1-21-16(20)12(22-2)8-17-13-11(9-23-14(13)15(18)19)10-6-4-3-5-7-10/h3-9,12H,1-2H3,(H,18,19). The zero-order chi connectivity index (χ0) is 16.8. The maximum absolute atomic E-state index is 11.6. The number of carboxylic acids is 1. The van der Waals surface area contributed by atoms with Crippen molar-refractivity contribution >= 4 is 46.9 Å². The Bertz CT molecular complexity index is 725. The van der Waals surface area contributed by atoms with Crippen molar-refractivity contribution in [2.24, 2.45) is 4.99 Å². The van der Waals surface area contributed by atoms with E-state index in [0.29, 0.717) is 5.69 Å². The molecule has 0 fully saturated rings. The molecule has 0 aliphatic carbocycles. The second kappa shape index (κ2) is 7.94. The number of hydrogen-bond acceptors (Lipinski definition) is 6. The highest BCUT2D eigenvalue weighted by molar-refractivity contribution is 8.00. The predicted octanol–water partition coefficient (Wildman–Crippen LogP) is 3.72. The Morgan fingerprint density at radius 2 is 2.04 bits per heavy atom. The lowest BCUT2D eigenvalue weighted by Gasteiger charge is -2.06. The van der Waals surface area contributed by atoms with Crippen LogP contribution in [-0.2, 0) is 9.53 Å². The highest BCUT2D eigenvalue weighted by atomic mass is 32.2. The maximum atomic E-state index is 11.6. The largest absolute Gasteiger partial charge is 0.477 e. The predicted molar refractivity (Wildman–Crippen MR) is 94.2 cm³/mol. The molecule has 0 amide bonds. The number of carboxylic acid groups (broad SMARTS) is 1. The van der Waals surface area contributed by atoms with Gasteiger partial charge in [-0.2, -0.15) is 0 Å². The van der Waals surface area contributed by atoms with Gasteiger partial charge in [-0.05, 0) is 11.8 Å². The third kappa shape index (κ3) is 4.00. The second-order valence-corrected chi connectivity index (χ2v) is 6.31. The molecule has 5 nitrogen and oxygen atoms in total. The number of thiophene rings is 1. The molecular formula is C16H15NO4S2. The lowest BCUT2D eigenvalue weighted by Crippen LogP contribution is -2.19. The van der Waals surface area contributed by atoms with Crippen molar-refractivity contribution in [1.29, 1.82) is 0 Å². The summed E-state index contributed by atoms with van der Waals surface area (Å²) in [5, 5.41) is 10.5. The van der Waals surface area contributed by atoms with Gasteiger partial charge in [-0.25, -0.2) is 4.79 Å². The first-order valence-electron chi connectivity index (χ1n) is 6.63. The number of carbonyl (C=O) groups excluding carboxylic acids is 1. The van der Waals surface area contributed by atoms with Crippen molar-refractivity contribution in [3.8, 4) is 11.1 Å². The molecule has 1 aromatic carbocycles. The van der Waals surface area contributed by atoms with Crippen molar-refractivity contribution in [3.63, 3.8) is 0 Å². The van der Waals surface area contributed by atoms with Crippen molar-refractivity contribution < 1.29 is 19.4 Å². The highest BCUT2D eigenvalue weighted by Crippen LogP contribution is 2.38. The van der Waals surface area contributed by atoms with E-state index in [1.54, 1.807) is 11.6 Å². The van der Waals surface area contributed by atoms with Crippen molar-refractivity contribution in [1.82, 2.24) is 0 Å². The monoisotopic (exact) mass is 349 g/mol. The van der Waals surface area contributed by atoms with Crippen LogP contribution in [0.25, 0.3) is 11.1 Å². The van der Waals surface area contributed by atoms with E-state index in [9.17, 15) is 14.7 Å². The van der Waals surface area contributed by atoms with Crippen LogP contribution in [-0.4, -0.2) is 41.9 Å². The third-order valence-electron chi connectivity index (χ3n) is 3.07. The summed E-state index contributed by atoms with van der Waals surface area (Å²) in [6.45, 7) is 0. The van der Waals surface area contributed by atoms with E-state index in [2.05, 4.69) is 4.99 Å². The Labute approximate surface area is 142 Å². The molecule has 23 heavy (non-hydrogen) atoms. The van der Waals surface area contributed by atoms with Crippen LogP contribution in [0, 0.1) is 0 Å². The molecule has 0 saturated heterocycles. The van der Waals surface area contributed by atoms with Gasteiger partial charge in [-0.1, -0.05) is 30.3 Å². The number of thioether (sulfide) groups is 1. The fourth-order valence-electron chi connectivity index (χ4n) is 1.93. The number of nitrogens with zero attached hydrogens (tertiary/aromatic N) is 1. The average molecular weight is 349 g/mol. The third-order valence-corrected chi connectivity index (χ3v) is 4.85. The van der Waals surface area contributed by atoms with Gasteiger partial charge < -0.3 is 9.84 Å². The normalized spacial score (nSPS) is 12.3. The van der Waals surface area contributed by atoms with Crippen LogP contribution in [0.4, 0.5) is 5.69 Å². The number of benzene rings is 1. The van der Waals surface area contributed by atoms with E-state index in [1.165, 1.54) is 25.1 Å². The number of aromatic carboxylic acids is 1. The quantitative estimate of drug-likeness (QED) is 0.635. The number of esters is 1. The van der Waals surface area contributed by atoms with Crippen molar-refractivity contribution in [2.75, 3.05) is 13.4 Å². The van der Waals surface area contributed by atoms with E-state index in [-0.39, 0.29) is 4.88 Å². The number of methoxy groups -OCH3 is 1. The molecule has 1 N–H and O–H groups in total. The molecule has 2 aromatic rings. The van der Waals surface area contributed by atoms with Crippen LogP contribution in [0.1, 0.15) is 9.67 Å². The SMILES string of the molecule is COC(=O)C(C=Nc1c(-c2ccccc2)csc1C(=O)O)SC. The van der Waals surface area contributed by atoms with Gasteiger partial charge in [0.1, 0.15) is 10.1 Å². The number of hydrogen-bond donors (Lipinski definition) is 1. The second-order valence-electron chi connectivity index (χ2n) is 4.46. The summed E-state index contributed by atoms with van der Waals surface area (Å²) in [5.74, 6) is -1.46. The van der Waals surface area contributed by atoms with E-state index in [1.807, 2.05) is 30.3 Å². The zero-order valence-electron chi connectivity index (χ0n) is 12.6. The van der Waals surface area contributed by atoms with Crippen LogP contribution in [0.2, 0.25) is 0 Å². The number of ether oxygens (including phenoxy) is 1. The summed E-state index contributed by atoms with van der Waals surface area (Å²) in [6.07, 6.45) is 3.19. The Kier molecular flexibility index (Phi) is 5.95. The summed E-state index contributed by atoms with van der Waals surface area (Å²) < 4.78 is 4.70. The van der Waals surface area contributed by atoms with E-state index < -0.39 is 17.2 Å². The first-order chi connectivity index (χ1) is 11.1. The van der Waals surface area contributed by atoms with Crippen LogP contribution in [0.3, 0.4) is 0 Å². The fourth-order valence-corrected chi connectivity index (χ4v) is 3.26. The molecule has 1 unspecified atom stereocenters. The molecule has 7 heteroatoms. The number of carbonyl (C=O) groups is 2. The van der Waals surface area contributed by atoms with Crippen LogP contribution < -0.4 is 0 Å². The first kappa shape index (κ1) is 17.2. The van der Waals surface area contributed by atoms with Crippen LogP contribution in [0.15, 0.2) is 40.7 Å². The van der Waals surface area contributed by atoms with Crippen LogP contribution in [0.5, 0.6) is 0 Å². The topological polar surface area (TPSA) is 76.0 Å². The summed E-state index contributed by atoms with van der Waals surface area (Å²) in [5.41, 5.74) is 1.97. The van der Waals surface area contributed by atoms with Gasteiger partial charge in [0, 0.05) is 17.2 Å². The lowest BCUT2D eigenvalue weighted by molar-refractivity contribution is -0.138. The molecular weight excluding hydrogens is 334 g/mol. The lowest BCUT2D eigenvalue weighted by atomic mass is 10.1. The Morgan fingerprint density at radius 1 is 1.35 bits per heavy atom. The summed E-state index contributed by atoms with van der Waals surface area (Å²) in [6, 6.07) is 9.41. The molecule has 1 aromatic heterocycles. The zero-order valence-corrected chi connectivity index (χ0v) is 14.2. The van der Waals surface area contributed by atoms with Gasteiger partial charge in [0.15, 0.2) is 0 Å². The Hall–Kier alpha value is -2.12. The van der Waals surface area contributed by atoms with Crippen molar-refractivity contribution in [2.45, 2.75) is 5.25 Å². The summed E-state index contributed by atoms with van der Waals surface area (Å²) >= 11 is 2.39. The molecule has 0 saturated carbocycles. The molecule has 0 spiro atoms. The first-order valence-corrected chi connectivity index (χ1v) is 8.80. The minimum absolute atomic E-state index is 0.143. The van der Waals surface area contributed by atoms with E-state index in [4.69, 9.17) is 4.74 Å². The van der Waals surface area contributed by atoms with Gasteiger partial charge in [-0.15, -0.1) is 23.1 Å². The minimum atomic E-state index is -1.04. The number of aliphatic imine (C=N–C) groups is 1. The summed E-state index contributed by atoms with van der Waals surface area (Å²) in [7, 11) is 1.31. The highest BCUT2D eigenvalue weighted by Gasteiger charge is 2.20. The van der Waals surface area contributed by atoms with Gasteiger partial charge in [0.25, 0.3) is 0 Å². The Balaban J connectivity index is 2.45. The minimum Gasteiger partial charge on any atom is -0.477 e. The Morgan fingerprint density at radius 3 is 2.61 bits per heavy atom. The molecule has 0 radical (unpaired) electrons. The molecule has 2 rings (SSSR count). The van der Waals surface area contributed by atoms with Crippen molar-refractivity contribution in [3.05, 3.63) is 40.6 Å². The molecule has 0 aliphatic heterocycles. The van der Waals surface area contributed by atoms with Gasteiger partial charge in [0.05, 0.1) is 12.8 Å². The molecule has 120 valence electrons. The fraction of sp³-hybridized carbons (Fsp3) is 0.188. The number of rotatable bonds is 6. The van der Waals surface area contributed by atoms with Crippen LogP contribution >= 0.6 is 23.1 Å². The molecule has 0 bridgehead atoms. The van der Waals surface area contributed by atoms with Gasteiger partial charge in [-0.3, -0.25) is 9.79 Å². The molecule has 1 atom stereocenters. The molecule has 0 aliphatic rings. The van der Waals surface area contributed by atoms with E-state index >= 15 is 0 Å². The summed E-state index contributed by atoms with van der Waals surface area (Å²) in [4.78, 5) is 27.5.